The van der Waals surface area contributed by atoms with Gasteiger partial charge in [0.1, 0.15) is 5.82 Å². The van der Waals surface area contributed by atoms with E-state index in [9.17, 15) is 0 Å². The Morgan fingerprint density at radius 3 is 2.73 bits per heavy atom. The van der Waals surface area contributed by atoms with Crippen LogP contribution in [0.5, 0.6) is 0 Å². The van der Waals surface area contributed by atoms with Gasteiger partial charge in [-0.3, -0.25) is 4.99 Å². The van der Waals surface area contributed by atoms with Crippen molar-refractivity contribution in [2.45, 2.75) is 32.9 Å². The van der Waals surface area contributed by atoms with Crippen molar-refractivity contribution in [2.24, 2.45) is 4.99 Å². The first kappa shape index (κ1) is 22.8. The number of unbranched alkanes of at least 4 members (excludes halogenated alkanes) is 1. The predicted octanol–water partition coefficient (Wildman–Crippen LogP) is 3.67. The number of benzene rings is 1. The van der Waals surface area contributed by atoms with Gasteiger partial charge < -0.3 is 15.2 Å². The van der Waals surface area contributed by atoms with E-state index >= 15 is 0 Å². The molecular weight excluding hydrogens is 457 g/mol. The number of thioether (sulfide) groups is 1. The summed E-state index contributed by atoms with van der Waals surface area (Å²) in [5, 5.41) is 6.76. The van der Waals surface area contributed by atoms with Gasteiger partial charge in [-0.15, -0.1) is 24.0 Å². The SMILES string of the molecule is CN=C(NCCCCSC)NCc1cccc(Cn2ccnc2C)c1.I. The van der Waals surface area contributed by atoms with Gasteiger partial charge in [-0.25, -0.2) is 4.98 Å². The molecule has 0 aliphatic heterocycles. The van der Waals surface area contributed by atoms with Crippen molar-refractivity contribution in [1.82, 2.24) is 20.2 Å². The zero-order valence-corrected chi connectivity index (χ0v) is 19.0. The molecule has 0 radical (unpaired) electrons. The van der Waals surface area contributed by atoms with E-state index in [4.69, 9.17) is 0 Å². The molecule has 7 heteroatoms. The molecule has 0 unspecified atom stereocenters. The van der Waals surface area contributed by atoms with E-state index in [1.807, 2.05) is 38.1 Å². The molecule has 0 amide bonds. The molecule has 2 N–H and O–H groups in total. The summed E-state index contributed by atoms with van der Waals surface area (Å²) in [5.41, 5.74) is 2.53. The molecule has 2 rings (SSSR count). The van der Waals surface area contributed by atoms with Gasteiger partial charge >= 0.3 is 0 Å². The van der Waals surface area contributed by atoms with Crippen LogP contribution in [0.3, 0.4) is 0 Å². The van der Waals surface area contributed by atoms with Crippen LogP contribution in [0.25, 0.3) is 0 Å². The molecule has 0 aliphatic rings. The Morgan fingerprint density at radius 1 is 1.23 bits per heavy atom. The molecule has 0 aliphatic carbocycles. The quantitative estimate of drug-likeness (QED) is 0.245. The first-order chi connectivity index (χ1) is 12.2. The standard InChI is InChI=1S/C19H29N5S.HI/c1-16-21-10-11-24(16)15-18-8-6-7-17(13-18)14-23-19(20-2)22-9-4-5-12-25-3;/h6-8,10-11,13H,4-5,9,12,14-15H2,1-3H3,(H2,20,22,23);1H. The monoisotopic (exact) mass is 487 g/mol. The third-order valence-corrected chi connectivity index (χ3v) is 4.72. The number of aromatic nitrogens is 2. The van der Waals surface area contributed by atoms with Crippen molar-refractivity contribution in [3.05, 3.63) is 53.6 Å². The van der Waals surface area contributed by atoms with Crippen LogP contribution < -0.4 is 10.6 Å². The third kappa shape index (κ3) is 7.99. The normalized spacial score (nSPS) is 11.1. The van der Waals surface area contributed by atoms with Gasteiger partial charge in [-0.1, -0.05) is 24.3 Å². The smallest absolute Gasteiger partial charge is 0.191 e. The zero-order valence-electron chi connectivity index (χ0n) is 15.9. The van der Waals surface area contributed by atoms with E-state index in [-0.39, 0.29) is 24.0 Å². The van der Waals surface area contributed by atoms with E-state index in [1.54, 1.807) is 0 Å². The number of halogens is 1. The van der Waals surface area contributed by atoms with E-state index in [0.29, 0.717) is 0 Å². The number of nitrogens with one attached hydrogen (secondary N) is 2. The summed E-state index contributed by atoms with van der Waals surface area (Å²) in [6.07, 6.45) is 8.41. The summed E-state index contributed by atoms with van der Waals surface area (Å²) in [4.78, 5) is 8.57. The second kappa shape index (κ2) is 13.0. The molecule has 0 bridgehead atoms. The lowest BCUT2D eigenvalue weighted by molar-refractivity contribution is 0.731. The van der Waals surface area contributed by atoms with Crippen LogP contribution in [0.15, 0.2) is 41.7 Å². The molecule has 1 heterocycles. The van der Waals surface area contributed by atoms with Crippen LogP contribution in [-0.4, -0.2) is 41.1 Å². The number of hydrogen-bond donors (Lipinski definition) is 2. The number of rotatable bonds is 9. The highest BCUT2D eigenvalue weighted by Gasteiger charge is 2.02. The van der Waals surface area contributed by atoms with Crippen molar-refractivity contribution >= 4 is 41.7 Å². The van der Waals surface area contributed by atoms with Crippen LogP contribution >= 0.6 is 35.7 Å². The fourth-order valence-electron chi connectivity index (χ4n) is 2.59. The lowest BCUT2D eigenvalue weighted by Gasteiger charge is -2.13. The van der Waals surface area contributed by atoms with E-state index in [2.05, 4.69) is 55.7 Å². The van der Waals surface area contributed by atoms with Gasteiger partial charge in [0.15, 0.2) is 5.96 Å². The van der Waals surface area contributed by atoms with Gasteiger partial charge in [0.2, 0.25) is 0 Å². The van der Waals surface area contributed by atoms with E-state index in [0.717, 1.165) is 31.4 Å². The molecule has 0 atom stereocenters. The fraction of sp³-hybridized carbons (Fsp3) is 0.474. The highest BCUT2D eigenvalue weighted by Crippen LogP contribution is 2.08. The highest BCUT2D eigenvalue weighted by molar-refractivity contribution is 14.0. The molecule has 1 aromatic carbocycles. The fourth-order valence-corrected chi connectivity index (χ4v) is 3.08. The Morgan fingerprint density at radius 2 is 2.04 bits per heavy atom. The number of guanidine groups is 1. The Hall–Kier alpha value is -1.22. The molecular formula is C19H30IN5S. The van der Waals surface area contributed by atoms with Crippen molar-refractivity contribution < 1.29 is 0 Å². The van der Waals surface area contributed by atoms with Crippen molar-refractivity contribution in [2.75, 3.05) is 25.6 Å². The molecule has 2 aromatic rings. The maximum absolute atomic E-state index is 4.29. The first-order valence-corrected chi connectivity index (χ1v) is 10.1. The Kier molecular flexibility index (Phi) is 11.4. The Labute approximate surface area is 178 Å². The number of aliphatic imine (C=N–C) groups is 1. The molecule has 0 saturated carbocycles. The second-order valence-corrected chi connectivity index (χ2v) is 6.96. The number of hydrogen-bond acceptors (Lipinski definition) is 3. The summed E-state index contributed by atoms with van der Waals surface area (Å²) in [6, 6.07) is 8.64. The zero-order chi connectivity index (χ0) is 17.9. The minimum atomic E-state index is 0. The van der Waals surface area contributed by atoms with Crippen LogP contribution in [0.1, 0.15) is 29.8 Å². The number of nitrogens with zero attached hydrogens (tertiary/aromatic N) is 3. The predicted molar refractivity (Wildman–Crippen MR) is 124 cm³/mol. The third-order valence-electron chi connectivity index (χ3n) is 4.02. The maximum Gasteiger partial charge on any atom is 0.191 e. The number of aryl methyl sites for hydroxylation is 1. The van der Waals surface area contributed by atoms with Gasteiger partial charge in [0.25, 0.3) is 0 Å². The van der Waals surface area contributed by atoms with Gasteiger partial charge in [0.05, 0.1) is 0 Å². The minimum absolute atomic E-state index is 0. The topological polar surface area (TPSA) is 54.2 Å². The lowest BCUT2D eigenvalue weighted by atomic mass is 10.1. The number of imidazole rings is 1. The molecule has 0 saturated heterocycles. The molecule has 5 nitrogen and oxygen atoms in total. The van der Waals surface area contributed by atoms with Gasteiger partial charge in [0, 0.05) is 39.1 Å². The summed E-state index contributed by atoms with van der Waals surface area (Å²) in [6.45, 7) is 4.60. The van der Waals surface area contributed by atoms with Crippen LogP contribution in [0, 0.1) is 6.92 Å². The average Bonchev–Trinajstić information content (AvgIpc) is 3.02. The lowest BCUT2D eigenvalue weighted by Crippen LogP contribution is -2.37. The second-order valence-electron chi connectivity index (χ2n) is 5.97. The van der Waals surface area contributed by atoms with Crippen LogP contribution in [0.4, 0.5) is 0 Å². The summed E-state index contributed by atoms with van der Waals surface area (Å²) >= 11 is 1.90. The molecule has 0 spiro atoms. The molecule has 1 aromatic heterocycles. The van der Waals surface area contributed by atoms with E-state index < -0.39 is 0 Å². The largest absolute Gasteiger partial charge is 0.356 e. The molecule has 26 heavy (non-hydrogen) atoms. The average molecular weight is 487 g/mol. The van der Waals surface area contributed by atoms with Crippen LogP contribution in [-0.2, 0) is 13.1 Å². The Bertz CT molecular complexity index is 671. The van der Waals surface area contributed by atoms with Gasteiger partial charge in [-0.2, -0.15) is 11.8 Å². The Balaban J connectivity index is 0.00000338. The summed E-state index contributed by atoms with van der Waals surface area (Å²) < 4.78 is 2.15. The highest BCUT2D eigenvalue weighted by atomic mass is 127. The minimum Gasteiger partial charge on any atom is -0.356 e. The maximum atomic E-state index is 4.29. The summed E-state index contributed by atoms with van der Waals surface area (Å²) in [7, 11) is 1.81. The van der Waals surface area contributed by atoms with Crippen molar-refractivity contribution in [1.29, 1.82) is 0 Å². The van der Waals surface area contributed by atoms with Crippen molar-refractivity contribution in [3.63, 3.8) is 0 Å². The summed E-state index contributed by atoms with van der Waals surface area (Å²) in [5.74, 6) is 3.12. The van der Waals surface area contributed by atoms with Crippen molar-refractivity contribution in [3.8, 4) is 0 Å². The van der Waals surface area contributed by atoms with Gasteiger partial charge in [-0.05, 0) is 42.9 Å². The molecule has 144 valence electrons. The van der Waals surface area contributed by atoms with Crippen LogP contribution in [0.2, 0.25) is 0 Å². The molecule has 0 fully saturated rings. The first-order valence-electron chi connectivity index (χ1n) is 8.72. The van der Waals surface area contributed by atoms with E-state index in [1.165, 1.54) is 29.7 Å².